The molecule has 0 atom stereocenters. The van der Waals surface area contributed by atoms with Crippen molar-refractivity contribution < 1.29 is 9.90 Å². The molecule has 1 N–H and O–H groups in total. The Hall–Kier alpha value is -5.48. The number of aliphatic carboxylic acids is 1. The average Bonchev–Trinajstić information content (AvgIpc) is 3.67. The summed E-state index contributed by atoms with van der Waals surface area (Å²) in [7, 11) is 0. The Morgan fingerprint density at radius 3 is 1.56 bits per heavy atom. The summed E-state index contributed by atoms with van der Waals surface area (Å²) in [4.78, 5) is 18.0. The van der Waals surface area contributed by atoms with Gasteiger partial charge in [-0.15, -0.1) is 11.3 Å². The summed E-state index contributed by atoms with van der Waals surface area (Å²) in [5.41, 5.74) is 6.64. The quantitative estimate of drug-likeness (QED) is 0.0887. The number of carbonyl (C=O) groups is 1. The second kappa shape index (κ2) is 15.5. The normalized spacial score (nSPS) is 11.4. The smallest absolute Gasteiger partial charge is 0.346 e. The van der Waals surface area contributed by atoms with Crippen LogP contribution in [0.25, 0.3) is 38.1 Å². The van der Waals surface area contributed by atoms with Gasteiger partial charge in [0.2, 0.25) is 0 Å². The molecule has 0 unspecified atom stereocenters. The van der Waals surface area contributed by atoms with Gasteiger partial charge < -0.3 is 14.9 Å². The molecule has 0 aliphatic carbocycles. The lowest BCUT2D eigenvalue weighted by atomic mass is 10.0. The highest BCUT2D eigenvalue weighted by molar-refractivity contribution is 14.1. The summed E-state index contributed by atoms with van der Waals surface area (Å²) in [6.45, 7) is 0. The highest BCUT2D eigenvalue weighted by atomic mass is 127. The minimum absolute atomic E-state index is 0.306. The first kappa shape index (κ1) is 35.5. The van der Waals surface area contributed by atoms with Gasteiger partial charge in [-0.1, -0.05) is 72.8 Å². The molecule has 1 aromatic heterocycles. The molecule has 0 fully saturated rings. The van der Waals surface area contributed by atoms with Crippen molar-refractivity contribution in [3.8, 4) is 16.5 Å². The summed E-state index contributed by atoms with van der Waals surface area (Å²) in [5, 5.41) is 23.6. The SMILES string of the molecule is N#C/C(=C/c1ccc(-c2cc(N(c3ccc(I)cc3)c3cccc4ccccc34)cc(N(c3ccc(I)cc3)c3cccc4ccccc34)c2)s1)C(=O)O. The molecule has 8 heteroatoms. The van der Waals surface area contributed by atoms with Crippen LogP contribution in [0.4, 0.5) is 34.1 Å². The van der Waals surface area contributed by atoms with E-state index in [0.29, 0.717) is 4.88 Å². The molecule has 1 heterocycles. The Balaban J connectivity index is 1.43. The zero-order chi connectivity index (χ0) is 37.2. The molecule has 0 spiro atoms. The van der Waals surface area contributed by atoms with Crippen molar-refractivity contribution in [2.75, 3.05) is 9.80 Å². The molecule has 260 valence electrons. The van der Waals surface area contributed by atoms with Crippen molar-refractivity contribution in [3.63, 3.8) is 0 Å². The maximum absolute atomic E-state index is 11.7. The van der Waals surface area contributed by atoms with Crippen molar-refractivity contribution in [1.82, 2.24) is 0 Å². The molecule has 7 aromatic carbocycles. The molecule has 0 saturated heterocycles. The third-order valence-corrected chi connectivity index (χ3v) is 11.7. The molecule has 8 rings (SSSR count). The van der Waals surface area contributed by atoms with E-state index in [9.17, 15) is 15.2 Å². The van der Waals surface area contributed by atoms with Gasteiger partial charge in [0.15, 0.2) is 0 Å². The highest BCUT2D eigenvalue weighted by Gasteiger charge is 2.22. The standard InChI is InChI=1S/C46H29I2N3O2S/c47-34-15-19-36(20-16-34)50(43-13-5-9-30-7-1-3-11-41(30)43)38-25-32(45-24-23-40(54-45)27-33(29-49)46(52)53)26-39(28-38)51(37-21-17-35(48)18-22-37)44-14-6-10-31-8-2-4-12-42(31)44/h1-28H,(H,52,53)/b33-27-. The van der Waals surface area contributed by atoms with E-state index >= 15 is 0 Å². The summed E-state index contributed by atoms with van der Waals surface area (Å²) < 4.78 is 2.28. The molecule has 0 aliphatic heterocycles. The van der Waals surface area contributed by atoms with Crippen LogP contribution in [0.3, 0.4) is 0 Å². The topological polar surface area (TPSA) is 67.6 Å². The monoisotopic (exact) mass is 941 g/mol. The first-order valence-electron chi connectivity index (χ1n) is 17.0. The van der Waals surface area contributed by atoms with Crippen LogP contribution >= 0.6 is 56.5 Å². The number of thiophene rings is 1. The average molecular weight is 942 g/mol. The van der Waals surface area contributed by atoms with Gasteiger partial charge in [0.05, 0.1) is 11.4 Å². The largest absolute Gasteiger partial charge is 0.477 e. The maximum atomic E-state index is 11.7. The van der Waals surface area contributed by atoms with Gasteiger partial charge in [0, 0.05) is 50.4 Å². The van der Waals surface area contributed by atoms with Crippen LogP contribution in [-0.4, -0.2) is 11.1 Å². The number of hydrogen-bond acceptors (Lipinski definition) is 5. The van der Waals surface area contributed by atoms with E-state index in [-0.39, 0.29) is 5.57 Å². The van der Waals surface area contributed by atoms with Gasteiger partial charge in [0.25, 0.3) is 0 Å². The second-order valence-corrected chi connectivity index (χ2v) is 16.1. The van der Waals surface area contributed by atoms with Crippen LogP contribution in [0.15, 0.2) is 169 Å². The Morgan fingerprint density at radius 2 is 1.07 bits per heavy atom. The van der Waals surface area contributed by atoms with E-state index < -0.39 is 5.97 Å². The Bertz CT molecular complexity index is 2590. The van der Waals surface area contributed by atoms with Crippen molar-refractivity contribution in [2.24, 2.45) is 0 Å². The lowest BCUT2D eigenvalue weighted by molar-refractivity contribution is -0.132. The molecule has 0 amide bonds. The van der Waals surface area contributed by atoms with Gasteiger partial charge in [-0.2, -0.15) is 5.26 Å². The predicted octanol–water partition coefficient (Wildman–Crippen LogP) is 13.9. The van der Waals surface area contributed by atoms with E-state index in [1.54, 1.807) is 0 Å². The number of nitrogens with zero attached hydrogens (tertiary/aromatic N) is 3. The number of hydrogen-bond donors (Lipinski definition) is 1. The molecule has 8 aromatic rings. The van der Waals surface area contributed by atoms with Gasteiger partial charge in [-0.25, -0.2) is 4.79 Å². The zero-order valence-electron chi connectivity index (χ0n) is 28.5. The van der Waals surface area contributed by atoms with E-state index in [1.807, 2.05) is 18.2 Å². The lowest BCUT2D eigenvalue weighted by Crippen LogP contribution is -2.14. The summed E-state index contributed by atoms with van der Waals surface area (Å²) in [6, 6.07) is 59.1. The maximum Gasteiger partial charge on any atom is 0.346 e. The highest BCUT2D eigenvalue weighted by Crippen LogP contribution is 2.46. The molecular weight excluding hydrogens is 912 g/mol. The summed E-state index contributed by atoms with van der Waals surface area (Å²) >= 11 is 6.14. The van der Waals surface area contributed by atoms with Crippen LogP contribution in [0, 0.1) is 18.5 Å². The summed E-state index contributed by atoms with van der Waals surface area (Å²) in [5.74, 6) is -1.25. The van der Waals surface area contributed by atoms with Crippen LogP contribution in [0.2, 0.25) is 0 Å². The van der Waals surface area contributed by atoms with E-state index in [2.05, 4.69) is 207 Å². The van der Waals surface area contributed by atoms with E-state index in [0.717, 1.165) is 73.3 Å². The molecule has 0 saturated carbocycles. The number of rotatable bonds is 9. The fourth-order valence-corrected chi connectivity index (χ4v) is 8.36. The molecule has 54 heavy (non-hydrogen) atoms. The van der Waals surface area contributed by atoms with Crippen molar-refractivity contribution in [3.05, 3.63) is 181 Å². The lowest BCUT2D eigenvalue weighted by Gasteiger charge is -2.31. The van der Waals surface area contributed by atoms with Gasteiger partial charge in [0.1, 0.15) is 11.6 Å². The van der Waals surface area contributed by atoms with Crippen LogP contribution in [0.1, 0.15) is 4.88 Å². The van der Waals surface area contributed by atoms with Gasteiger partial charge >= 0.3 is 5.97 Å². The van der Waals surface area contributed by atoms with Crippen molar-refractivity contribution >= 4 is 124 Å². The Kier molecular flexibility index (Phi) is 10.2. The Labute approximate surface area is 344 Å². The fraction of sp³-hybridized carbons (Fsp3) is 0. The third-order valence-electron chi connectivity index (χ3n) is 9.15. The Morgan fingerprint density at radius 1 is 0.593 bits per heavy atom. The third kappa shape index (κ3) is 7.22. The van der Waals surface area contributed by atoms with E-state index in [4.69, 9.17) is 0 Å². The number of benzene rings is 7. The van der Waals surface area contributed by atoms with E-state index in [1.165, 1.54) is 17.4 Å². The fourth-order valence-electron chi connectivity index (χ4n) is 6.71. The minimum Gasteiger partial charge on any atom is -0.477 e. The van der Waals surface area contributed by atoms with Crippen molar-refractivity contribution in [1.29, 1.82) is 5.26 Å². The molecule has 0 aliphatic rings. The van der Waals surface area contributed by atoms with Gasteiger partial charge in [-0.3, -0.25) is 0 Å². The number of carboxylic acids is 1. The predicted molar refractivity (Wildman–Crippen MR) is 241 cm³/mol. The van der Waals surface area contributed by atoms with Crippen LogP contribution < -0.4 is 9.80 Å². The molecule has 0 bridgehead atoms. The number of nitriles is 1. The first-order valence-corrected chi connectivity index (χ1v) is 20.0. The van der Waals surface area contributed by atoms with Crippen LogP contribution in [-0.2, 0) is 4.79 Å². The number of anilines is 6. The van der Waals surface area contributed by atoms with Crippen LogP contribution in [0.5, 0.6) is 0 Å². The molecular formula is C46H29I2N3O2S. The molecule has 5 nitrogen and oxygen atoms in total. The molecule has 0 radical (unpaired) electrons. The zero-order valence-corrected chi connectivity index (χ0v) is 33.7. The number of fused-ring (bicyclic) bond motifs is 2. The van der Waals surface area contributed by atoms with Gasteiger partial charge in [-0.05, 0) is 159 Å². The minimum atomic E-state index is -1.25. The number of halogens is 2. The second-order valence-electron chi connectivity index (χ2n) is 12.5. The van der Waals surface area contributed by atoms with Crippen molar-refractivity contribution in [2.45, 2.75) is 0 Å². The summed E-state index contributed by atoms with van der Waals surface area (Å²) in [6.07, 6.45) is 1.43. The first-order chi connectivity index (χ1) is 26.4. The number of carboxylic acid groups (broad SMARTS) is 1.